The van der Waals surface area contributed by atoms with Gasteiger partial charge >= 0.3 is 6.03 Å². The molecule has 1 aliphatic carbocycles. The lowest BCUT2D eigenvalue weighted by Gasteiger charge is -2.49. The van der Waals surface area contributed by atoms with Crippen LogP contribution in [-0.2, 0) is 4.79 Å². The van der Waals surface area contributed by atoms with Crippen LogP contribution in [0.25, 0.3) is 0 Å². The van der Waals surface area contributed by atoms with Crippen molar-refractivity contribution in [3.05, 3.63) is 38.8 Å². The molecule has 9 heteroatoms. The van der Waals surface area contributed by atoms with E-state index in [-0.39, 0.29) is 17.0 Å². The van der Waals surface area contributed by atoms with Crippen molar-refractivity contribution in [3.63, 3.8) is 0 Å². The lowest BCUT2D eigenvalue weighted by atomic mass is 9.83. The van der Waals surface area contributed by atoms with Crippen LogP contribution in [0.15, 0.2) is 38.8 Å². The van der Waals surface area contributed by atoms with Gasteiger partial charge in [-0.25, -0.2) is 4.79 Å². The number of halogens is 2. The molecule has 2 heterocycles. The summed E-state index contributed by atoms with van der Waals surface area (Å²) in [5.41, 5.74) is 2.07. The van der Waals surface area contributed by atoms with Gasteiger partial charge in [-0.05, 0) is 60.3 Å². The van der Waals surface area contributed by atoms with Crippen molar-refractivity contribution in [2.45, 2.75) is 63.3 Å². The fourth-order valence-electron chi connectivity index (χ4n) is 5.05. The number of anilines is 1. The number of benzene rings is 1. The largest absolute Gasteiger partial charge is 0.322 e. The monoisotopic (exact) mass is 536 g/mol. The van der Waals surface area contributed by atoms with E-state index in [9.17, 15) is 9.59 Å². The summed E-state index contributed by atoms with van der Waals surface area (Å²) >= 11 is 9.74. The van der Waals surface area contributed by atoms with Crippen molar-refractivity contribution in [3.8, 4) is 0 Å². The predicted octanol–water partition coefficient (Wildman–Crippen LogP) is 5.82. The molecule has 3 amide bonds. The summed E-state index contributed by atoms with van der Waals surface area (Å²) in [6.07, 6.45) is 3.03. The van der Waals surface area contributed by atoms with Gasteiger partial charge in [-0.3, -0.25) is 9.79 Å². The standard InChI is InChI=1S/C23H30BrClN4O2Si/c1-22(2)15-12-26-19(28-20(30)23(10-7-11-23)32(3,4)5)14(15)13-29(22)21(31)27-18-16(24)8-6-9-17(18)25/h6,8-9H,7,10-13H2,1-5H3,(H,27,31)(H,26,28,30). The highest BCUT2D eigenvalue weighted by Gasteiger charge is 2.54. The highest BCUT2D eigenvalue weighted by molar-refractivity contribution is 9.10. The number of carbonyl (C=O) groups is 2. The second-order valence-electron chi connectivity index (χ2n) is 10.4. The molecule has 1 aromatic rings. The number of rotatable bonds is 3. The summed E-state index contributed by atoms with van der Waals surface area (Å²) in [4.78, 5) is 33.0. The summed E-state index contributed by atoms with van der Waals surface area (Å²) in [6, 6.07) is 5.16. The molecule has 1 fully saturated rings. The molecule has 2 aliphatic heterocycles. The number of carbonyl (C=O) groups excluding carboxylic acids is 2. The Balaban J connectivity index is 1.52. The molecule has 1 aromatic carbocycles. The van der Waals surface area contributed by atoms with Crippen LogP contribution in [0, 0.1) is 0 Å². The molecular weight excluding hydrogens is 508 g/mol. The smallest absolute Gasteiger partial charge is 0.311 e. The molecule has 3 aliphatic rings. The number of amidine groups is 1. The third-order valence-corrected chi connectivity index (χ3v) is 12.1. The Labute approximate surface area is 204 Å². The van der Waals surface area contributed by atoms with Gasteiger partial charge in [0.2, 0.25) is 5.91 Å². The summed E-state index contributed by atoms with van der Waals surface area (Å²) < 4.78 is 0.725. The normalized spacial score (nSPS) is 21.1. The zero-order valence-electron chi connectivity index (χ0n) is 19.2. The van der Waals surface area contributed by atoms with Crippen LogP contribution in [0.3, 0.4) is 0 Å². The molecule has 2 N–H and O–H groups in total. The summed E-state index contributed by atoms with van der Waals surface area (Å²) in [5.74, 6) is 0.743. The molecule has 0 radical (unpaired) electrons. The first-order valence-corrected chi connectivity index (χ1v) is 15.7. The van der Waals surface area contributed by atoms with E-state index >= 15 is 0 Å². The molecular formula is C23H30BrClN4O2Si. The highest BCUT2D eigenvalue weighted by atomic mass is 79.9. The Hall–Kier alpha value is -1.64. The van der Waals surface area contributed by atoms with E-state index in [1.54, 1.807) is 11.0 Å². The molecule has 32 heavy (non-hydrogen) atoms. The van der Waals surface area contributed by atoms with Crippen LogP contribution in [0.5, 0.6) is 0 Å². The quantitative estimate of drug-likeness (QED) is 0.477. The van der Waals surface area contributed by atoms with E-state index in [1.807, 2.05) is 26.0 Å². The second-order valence-corrected chi connectivity index (χ2v) is 17.2. The van der Waals surface area contributed by atoms with Crippen molar-refractivity contribution in [2.75, 3.05) is 18.4 Å². The number of hydrogen-bond acceptors (Lipinski definition) is 3. The molecule has 0 bridgehead atoms. The minimum Gasteiger partial charge on any atom is -0.311 e. The Kier molecular flexibility index (Phi) is 5.87. The van der Waals surface area contributed by atoms with Crippen LogP contribution in [0.4, 0.5) is 10.5 Å². The van der Waals surface area contributed by atoms with E-state index < -0.39 is 13.6 Å². The maximum Gasteiger partial charge on any atom is 0.322 e. The zero-order chi connectivity index (χ0) is 23.5. The van der Waals surface area contributed by atoms with Gasteiger partial charge in [0.25, 0.3) is 0 Å². The average molecular weight is 538 g/mol. The molecule has 0 aromatic heterocycles. The molecule has 4 rings (SSSR count). The molecule has 0 saturated heterocycles. The first-order valence-electron chi connectivity index (χ1n) is 11.0. The third kappa shape index (κ3) is 3.64. The van der Waals surface area contributed by atoms with E-state index in [0.717, 1.165) is 34.9 Å². The Bertz CT molecular complexity index is 1040. The second kappa shape index (κ2) is 7.99. The van der Waals surface area contributed by atoms with Gasteiger partial charge in [-0.15, -0.1) is 0 Å². The van der Waals surface area contributed by atoms with Crippen molar-refractivity contribution < 1.29 is 9.59 Å². The molecule has 1 saturated carbocycles. The van der Waals surface area contributed by atoms with Gasteiger partial charge in [-0.1, -0.05) is 43.7 Å². The summed E-state index contributed by atoms with van der Waals surface area (Å²) in [7, 11) is -1.68. The van der Waals surface area contributed by atoms with Crippen molar-refractivity contribution in [1.82, 2.24) is 10.2 Å². The molecule has 172 valence electrons. The Morgan fingerprint density at radius 3 is 2.44 bits per heavy atom. The third-order valence-electron chi connectivity index (χ3n) is 7.52. The first kappa shape index (κ1) is 23.5. The number of urea groups is 1. The zero-order valence-corrected chi connectivity index (χ0v) is 22.6. The topological polar surface area (TPSA) is 73.8 Å². The molecule has 6 nitrogen and oxygen atoms in total. The van der Waals surface area contributed by atoms with E-state index in [0.29, 0.717) is 29.6 Å². The fraction of sp³-hybridized carbons (Fsp3) is 0.522. The lowest BCUT2D eigenvalue weighted by molar-refractivity contribution is -0.125. The van der Waals surface area contributed by atoms with Gasteiger partial charge in [0, 0.05) is 15.1 Å². The van der Waals surface area contributed by atoms with Crippen LogP contribution in [0.1, 0.15) is 33.1 Å². The minimum atomic E-state index is -1.68. The maximum absolute atomic E-state index is 13.3. The SMILES string of the molecule is CC1(C)C2=C(CN1C(=O)Nc1c(Cl)cccc1Br)C(NC(=O)C1([Si](C)(C)C)CCC1)=NC2. The van der Waals surface area contributed by atoms with E-state index in [2.05, 4.69) is 51.2 Å². The van der Waals surface area contributed by atoms with Crippen LogP contribution < -0.4 is 10.6 Å². The van der Waals surface area contributed by atoms with Gasteiger partial charge < -0.3 is 15.5 Å². The highest BCUT2D eigenvalue weighted by Crippen LogP contribution is 2.55. The van der Waals surface area contributed by atoms with Crippen molar-refractivity contribution in [2.24, 2.45) is 4.99 Å². The van der Waals surface area contributed by atoms with Gasteiger partial charge in [0.15, 0.2) is 0 Å². The summed E-state index contributed by atoms with van der Waals surface area (Å²) in [6.45, 7) is 11.7. The van der Waals surface area contributed by atoms with Gasteiger partial charge in [0.05, 0.1) is 37.4 Å². The number of amides is 3. The van der Waals surface area contributed by atoms with Crippen molar-refractivity contribution in [1.29, 1.82) is 0 Å². The fourth-order valence-corrected chi connectivity index (χ4v) is 8.45. The predicted molar refractivity (Wildman–Crippen MR) is 136 cm³/mol. The molecule has 0 spiro atoms. The minimum absolute atomic E-state index is 0.108. The van der Waals surface area contributed by atoms with Crippen LogP contribution in [-0.4, -0.2) is 49.4 Å². The number of nitrogens with one attached hydrogen (secondary N) is 2. The average Bonchev–Trinajstić information content (AvgIpc) is 3.14. The molecule has 0 unspecified atom stereocenters. The number of hydrogen-bond donors (Lipinski definition) is 2. The number of nitrogens with zero attached hydrogens (tertiary/aromatic N) is 2. The van der Waals surface area contributed by atoms with Gasteiger partial charge in [-0.2, -0.15) is 0 Å². The van der Waals surface area contributed by atoms with Crippen LogP contribution >= 0.6 is 27.5 Å². The maximum atomic E-state index is 13.3. The molecule has 0 atom stereocenters. The van der Waals surface area contributed by atoms with Crippen LogP contribution in [0.2, 0.25) is 29.7 Å². The van der Waals surface area contributed by atoms with Gasteiger partial charge in [0.1, 0.15) is 5.84 Å². The lowest BCUT2D eigenvalue weighted by Crippen LogP contribution is -2.55. The summed E-state index contributed by atoms with van der Waals surface area (Å²) in [5, 5.41) is 6.36. The first-order chi connectivity index (χ1) is 14.9. The van der Waals surface area contributed by atoms with E-state index in [1.165, 1.54) is 0 Å². The number of para-hydroxylation sites is 1. The van der Waals surface area contributed by atoms with Crippen molar-refractivity contribution >= 4 is 59.1 Å². The Morgan fingerprint density at radius 1 is 1.19 bits per heavy atom. The number of aliphatic imine (C=N–C) groups is 1. The van der Waals surface area contributed by atoms with E-state index in [4.69, 9.17) is 11.6 Å². The Morgan fingerprint density at radius 2 is 1.88 bits per heavy atom.